The highest BCUT2D eigenvalue weighted by Gasteiger charge is 2.33. The number of nitrogens with zero attached hydrogens (tertiary/aromatic N) is 3. The predicted molar refractivity (Wildman–Crippen MR) is 85.4 cm³/mol. The van der Waals surface area contributed by atoms with Gasteiger partial charge in [-0.1, -0.05) is 17.3 Å². The Balaban J connectivity index is 2.12. The molecule has 0 saturated carbocycles. The van der Waals surface area contributed by atoms with Gasteiger partial charge in [0.2, 0.25) is 0 Å². The van der Waals surface area contributed by atoms with Crippen molar-refractivity contribution in [1.29, 1.82) is 0 Å². The van der Waals surface area contributed by atoms with E-state index < -0.39 is 30.3 Å². The molecule has 0 amide bonds. The summed E-state index contributed by atoms with van der Waals surface area (Å²) in [6.45, 7) is 1.88. The van der Waals surface area contributed by atoms with Crippen LogP contribution >= 0.6 is 0 Å². The molecule has 2 rings (SSSR count). The molecule has 0 radical (unpaired) electrons. The van der Waals surface area contributed by atoms with Crippen LogP contribution in [0.25, 0.3) is 0 Å². The normalized spacial score (nSPS) is 13.3. The highest BCUT2D eigenvalue weighted by molar-refractivity contribution is 5.77. The average molecular weight is 372 g/mol. The second kappa shape index (κ2) is 7.32. The van der Waals surface area contributed by atoms with Crippen molar-refractivity contribution in [2.75, 3.05) is 13.7 Å². The van der Waals surface area contributed by atoms with Gasteiger partial charge in [-0.3, -0.25) is 0 Å². The number of carbonyl (C=O) groups excluding carboxylic acids is 1. The molecule has 2 aromatic rings. The Kier molecular flexibility index (Phi) is 5.55. The average Bonchev–Trinajstić information content (AvgIpc) is 3.09. The van der Waals surface area contributed by atoms with E-state index in [1.165, 1.54) is 30.1 Å². The van der Waals surface area contributed by atoms with Crippen LogP contribution < -0.4 is 10.5 Å². The number of rotatable bonds is 6. The number of aromatic nitrogens is 3. The Labute approximate surface area is 147 Å². The molecule has 0 saturated heterocycles. The van der Waals surface area contributed by atoms with Crippen molar-refractivity contribution in [3.8, 4) is 5.75 Å². The quantitative estimate of drug-likeness (QED) is 0.782. The van der Waals surface area contributed by atoms with Crippen molar-refractivity contribution in [2.45, 2.75) is 31.6 Å². The van der Waals surface area contributed by atoms with Gasteiger partial charge in [-0.05, 0) is 31.5 Å². The molecule has 1 atom stereocenters. The number of esters is 1. The molecule has 7 nitrogen and oxygen atoms in total. The van der Waals surface area contributed by atoms with Crippen LogP contribution in [0.4, 0.5) is 13.2 Å². The predicted octanol–water partition coefficient (Wildman–Crippen LogP) is 2.18. The third-order valence-corrected chi connectivity index (χ3v) is 3.73. The monoisotopic (exact) mass is 372 g/mol. The van der Waals surface area contributed by atoms with Gasteiger partial charge in [0, 0.05) is 0 Å². The molecule has 142 valence electrons. The smallest absolute Gasteiger partial charge is 0.422 e. The maximum Gasteiger partial charge on any atom is 0.422 e. The number of methoxy groups -OCH3 is 1. The van der Waals surface area contributed by atoms with Gasteiger partial charge in [0.05, 0.1) is 19.3 Å². The van der Waals surface area contributed by atoms with E-state index in [2.05, 4.69) is 15.0 Å². The first-order chi connectivity index (χ1) is 12.0. The third-order valence-electron chi connectivity index (χ3n) is 3.73. The Morgan fingerprint density at radius 3 is 2.42 bits per heavy atom. The third kappa shape index (κ3) is 4.51. The Bertz CT molecular complexity index is 757. The highest BCUT2D eigenvalue weighted by Crippen LogP contribution is 2.24. The van der Waals surface area contributed by atoms with Crippen LogP contribution in [-0.4, -0.2) is 40.9 Å². The number of halogens is 3. The molecule has 1 heterocycles. The summed E-state index contributed by atoms with van der Waals surface area (Å²) in [6.07, 6.45) is -2.88. The standard InChI is InChI=1S/C16H19F3N4O3/c1-15(2,14(24)25-3)23-8-12(21-22-23)13(20)10-4-6-11(7-5-10)26-9-16(17,18)19/h4-8,13H,9,20H2,1-3H3. The summed E-state index contributed by atoms with van der Waals surface area (Å²) >= 11 is 0. The van der Waals surface area contributed by atoms with Crippen molar-refractivity contribution in [3.63, 3.8) is 0 Å². The van der Waals surface area contributed by atoms with Gasteiger partial charge < -0.3 is 15.2 Å². The zero-order valence-electron chi connectivity index (χ0n) is 14.4. The molecule has 0 aliphatic carbocycles. The lowest BCUT2D eigenvalue weighted by molar-refractivity contribution is -0.153. The lowest BCUT2D eigenvalue weighted by Gasteiger charge is -2.21. The summed E-state index contributed by atoms with van der Waals surface area (Å²) in [7, 11) is 1.27. The first kappa shape index (κ1) is 19.7. The van der Waals surface area contributed by atoms with Crippen LogP contribution in [0, 0.1) is 0 Å². The van der Waals surface area contributed by atoms with Gasteiger partial charge in [-0.2, -0.15) is 13.2 Å². The number of ether oxygens (including phenoxy) is 2. The van der Waals surface area contributed by atoms with Crippen molar-refractivity contribution < 1.29 is 27.4 Å². The van der Waals surface area contributed by atoms with Crippen LogP contribution in [0.3, 0.4) is 0 Å². The fourth-order valence-corrected chi connectivity index (χ4v) is 2.14. The molecule has 0 aliphatic heterocycles. The second-order valence-electron chi connectivity index (χ2n) is 6.09. The zero-order valence-corrected chi connectivity index (χ0v) is 14.4. The van der Waals surface area contributed by atoms with Crippen LogP contribution in [0.5, 0.6) is 5.75 Å². The Hall–Kier alpha value is -2.62. The number of alkyl halides is 3. The number of benzene rings is 1. The summed E-state index contributed by atoms with van der Waals surface area (Å²) in [5.74, 6) is -0.414. The lowest BCUT2D eigenvalue weighted by atomic mass is 10.0. The summed E-state index contributed by atoms with van der Waals surface area (Å²) in [5.41, 5.74) is 6.06. The van der Waals surface area contributed by atoms with Gasteiger partial charge in [-0.15, -0.1) is 5.10 Å². The number of nitrogens with two attached hydrogens (primary N) is 1. The molecule has 1 unspecified atom stereocenters. The van der Waals surface area contributed by atoms with Gasteiger partial charge in [0.25, 0.3) is 0 Å². The van der Waals surface area contributed by atoms with Crippen LogP contribution in [-0.2, 0) is 15.1 Å². The second-order valence-corrected chi connectivity index (χ2v) is 6.09. The number of hydrogen-bond acceptors (Lipinski definition) is 6. The van der Waals surface area contributed by atoms with E-state index >= 15 is 0 Å². The van der Waals surface area contributed by atoms with E-state index in [-0.39, 0.29) is 5.75 Å². The molecule has 1 aromatic carbocycles. The molecule has 2 N–H and O–H groups in total. The van der Waals surface area contributed by atoms with Gasteiger partial charge in [0.1, 0.15) is 11.4 Å². The highest BCUT2D eigenvalue weighted by atomic mass is 19.4. The van der Waals surface area contributed by atoms with Crippen LogP contribution in [0.2, 0.25) is 0 Å². The van der Waals surface area contributed by atoms with Crippen molar-refractivity contribution in [3.05, 3.63) is 41.7 Å². The molecule has 0 spiro atoms. The lowest BCUT2D eigenvalue weighted by Crippen LogP contribution is -2.37. The minimum atomic E-state index is -4.40. The SMILES string of the molecule is COC(=O)C(C)(C)n1cc(C(N)c2ccc(OCC(F)(F)F)cc2)nn1. The van der Waals surface area contributed by atoms with Gasteiger partial charge >= 0.3 is 12.1 Å². The van der Waals surface area contributed by atoms with Crippen molar-refractivity contribution in [1.82, 2.24) is 15.0 Å². The molecule has 10 heteroatoms. The van der Waals surface area contributed by atoms with Crippen molar-refractivity contribution >= 4 is 5.97 Å². The molecule has 0 fully saturated rings. The molecule has 26 heavy (non-hydrogen) atoms. The fourth-order valence-electron chi connectivity index (χ4n) is 2.14. The number of carbonyl (C=O) groups is 1. The minimum absolute atomic E-state index is 0.0775. The summed E-state index contributed by atoms with van der Waals surface area (Å²) in [5, 5.41) is 7.88. The topological polar surface area (TPSA) is 92.3 Å². The first-order valence-corrected chi connectivity index (χ1v) is 7.61. The summed E-state index contributed by atoms with van der Waals surface area (Å²) < 4.78 is 47.2. The minimum Gasteiger partial charge on any atom is -0.484 e. The Morgan fingerprint density at radius 1 is 1.27 bits per heavy atom. The van der Waals surface area contributed by atoms with Crippen LogP contribution in [0.15, 0.2) is 30.5 Å². The first-order valence-electron chi connectivity index (χ1n) is 7.61. The molecule has 1 aromatic heterocycles. The maximum absolute atomic E-state index is 12.2. The molecule has 0 aliphatic rings. The van der Waals surface area contributed by atoms with E-state index in [4.69, 9.17) is 10.5 Å². The molecular formula is C16H19F3N4O3. The van der Waals surface area contributed by atoms with E-state index in [1.54, 1.807) is 26.0 Å². The van der Waals surface area contributed by atoms with E-state index in [9.17, 15) is 18.0 Å². The molecular weight excluding hydrogens is 353 g/mol. The Morgan fingerprint density at radius 2 is 1.88 bits per heavy atom. The fraction of sp³-hybridized carbons (Fsp3) is 0.438. The van der Waals surface area contributed by atoms with Crippen molar-refractivity contribution in [2.24, 2.45) is 5.73 Å². The zero-order chi connectivity index (χ0) is 19.5. The molecule has 0 bridgehead atoms. The largest absolute Gasteiger partial charge is 0.484 e. The van der Waals surface area contributed by atoms with E-state index in [0.29, 0.717) is 11.3 Å². The van der Waals surface area contributed by atoms with E-state index in [0.717, 1.165) is 0 Å². The maximum atomic E-state index is 12.2. The summed E-state index contributed by atoms with van der Waals surface area (Å²) in [4.78, 5) is 11.8. The van der Waals surface area contributed by atoms with Crippen LogP contribution in [0.1, 0.15) is 31.1 Å². The number of hydrogen-bond donors (Lipinski definition) is 1. The summed E-state index contributed by atoms with van der Waals surface area (Å²) in [6, 6.07) is 5.20. The van der Waals surface area contributed by atoms with E-state index in [1.807, 2.05) is 0 Å². The van der Waals surface area contributed by atoms with Gasteiger partial charge in [-0.25, -0.2) is 9.48 Å². The van der Waals surface area contributed by atoms with Gasteiger partial charge in [0.15, 0.2) is 12.1 Å².